The van der Waals surface area contributed by atoms with Crippen molar-refractivity contribution in [1.82, 2.24) is 4.90 Å². The molecule has 0 aliphatic carbocycles. The van der Waals surface area contributed by atoms with Crippen LogP contribution in [0.2, 0.25) is 0 Å². The molecule has 21 heavy (non-hydrogen) atoms. The van der Waals surface area contributed by atoms with E-state index in [9.17, 15) is 5.26 Å². The Hall–Kier alpha value is 0.110. The summed E-state index contributed by atoms with van der Waals surface area (Å²) in [5.41, 5.74) is 0.178. The zero-order valence-corrected chi connectivity index (χ0v) is 14.6. The van der Waals surface area contributed by atoms with E-state index in [1.54, 1.807) is 11.8 Å². The van der Waals surface area contributed by atoms with Crippen LogP contribution in [-0.2, 0) is 4.74 Å². The Bertz CT molecular complexity index is 390. The van der Waals surface area contributed by atoms with Gasteiger partial charge in [0, 0.05) is 25.7 Å². The highest BCUT2D eigenvalue weighted by atomic mass is 32.2. The maximum absolute atomic E-state index is 9.43. The van der Waals surface area contributed by atoms with Crippen molar-refractivity contribution in [2.45, 2.75) is 54.9 Å². The van der Waals surface area contributed by atoms with Gasteiger partial charge in [-0.2, -0.15) is 17.0 Å². The molecular weight excluding hydrogens is 300 g/mol. The van der Waals surface area contributed by atoms with Gasteiger partial charge in [0.25, 0.3) is 0 Å². The van der Waals surface area contributed by atoms with Crippen LogP contribution in [0.3, 0.4) is 0 Å². The first kappa shape index (κ1) is 16.0. The standard InChI is InChI=1S/C16H26N2OS2/c1-20-16(13-17)3-7-18(8-4-16)14-2-9-19-15(12-14)5-10-21-11-6-15/h14H,2-12H2,1H3. The van der Waals surface area contributed by atoms with E-state index in [2.05, 4.69) is 29.0 Å². The normalized spacial score (nSPS) is 32.7. The first-order chi connectivity index (χ1) is 10.2. The first-order valence-corrected chi connectivity index (χ1v) is 10.5. The molecule has 3 rings (SSSR count). The van der Waals surface area contributed by atoms with E-state index in [0.29, 0.717) is 6.04 Å². The molecule has 0 aromatic heterocycles. The number of likely N-dealkylation sites (tertiary alicyclic amines) is 1. The average Bonchev–Trinajstić information content (AvgIpc) is 2.56. The third kappa shape index (κ3) is 3.39. The van der Waals surface area contributed by atoms with Gasteiger partial charge in [0.15, 0.2) is 0 Å². The van der Waals surface area contributed by atoms with Gasteiger partial charge < -0.3 is 9.64 Å². The minimum atomic E-state index is -0.124. The Labute approximate surface area is 137 Å². The minimum absolute atomic E-state index is 0.124. The molecule has 0 radical (unpaired) electrons. The lowest BCUT2D eigenvalue weighted by molar-refractivity contribution is -0.112. The Morgan fingerprint density at radius 3 is 2.57 bits per heavy atom. The Morgan fingerprint density at radius 1 is 1.24 bits per heavy atom. The maximum Gasteiger partial charge on any atom is 0.104 e. The van der Waals surface area contributed by atoms with Gasteiger partial charge in [-0.25, -0.2) is 0 Å². The van der Waals surface area contributed by atoms with Crippen molar-refractivity contribution in [2.75, 3.05) is 37.5 Å². The Kier molecular flexibility index (Phi) is 5.10. The molecule has 3 saturated heterocycles. The van der Waals surface area contributed by atoms with Crippen LogP contribution in [0.15, 0.2) is 0 Å². The highest BCUT2D eigenvalue weighted by Gasteiger charge is 2.42. The number of nitriles is 1. The van der Waals surface area contributed by atoms with Gasteiger partial charge in [-0.1, -0.05) is 0 Å². The second-order valence-corrected chi connectivity index (χ2v) is 9.05. The second-order valence-electron chi connectivity index (χ2n) is 6.64. The molecule has 0 N–H and O–H groups in total. The third-order valence-electron chi connectivity index (χ3n) is 5.59. The fourth-order valence-corrected chi connectivity index (χ4v) is 5.94. The fourth-order valence-electron chi connectivity index (χ4n) is 4.02. The summed E-state index contributed by atoms with van der Waals surface area (Å²) in [6, 6.07) is 3.24. The lowest BCUT2D eigenvalue weighted by atomic mass is 9.83. The summed E-state index contributed by atoms with van der Waals surface area (Å²) >= 11 is 3.82. The molecule has 0 saturated carbocycles. The number of hydrogen-bond acceptors (Lipinski definition) is 5. The largest absolute Gasteiger partial charge is 0.375 e. The number of rotatable bonds is 2. The Balaban J connectivity index is 1.59. The van der Waals surface area contributed by atoms with Crippen LogP contribution in [0.5, 0.6) is 0 Å². The van der Waals surface area contributed by atoms with Crippen molar-refractivity contribution in [3.8, 4) is 6.07 Å². The molecule has 3 aliphatic rings. The van der Waals surface area contributed by atoms with Crippen LogP contribution in [-0.4, -0.2) is 58.7 Å². The van der Waals surface area contributed by atoms with Crippen LogP contribution in [0.1, 0.15) is 38.5 Å². The second kappa shape index (κ2) is 6.70. The van der Waals surface area contributed by atoms with Gasteiger partial charge in [-0.05, 0) is 56.3 Å². The summed E-state index contributed by atoms with van der Waals surface area (Å²) < 4.78 is 6.09. The molecule has 0 aromatic carbocycles. The van der Waals surface area contributed by atoms with Crippen molar-refractivity contribution in [2.24, 2.45) is 0 Å². The lowest BCUT2D eigenvalue weighted by Gasteiger charge is -2.48. The highest BCUT2D eigenvalue weighted by Crippen LogP contribution is 2.41. The van der Waals surface area contributed by atoms with Gasteiger partial charge in [-0.3, -0.25) is 0 Å². The molecule has 3 aliphatic heterocycles. The molecular formula is C16H26N2OS2. The summed E-state index contributed by atoms with van der Waals surface area (Å²) in [5, 5.41) is 9.43. The van der Waals surface area contributed by atoms with E-state index in [1.165, 1.54) is 37.2 Å². The van der Waals surface area contributed by atoms with E-state index in [0.717, 1.165) is 32.5 Å². The fraction of sp³-hybridized carbons (Fsp3) is 0.938. The van der Waals surface area contributed by atoms with Crippen LogP contribution in [0.25, 0.3) is 0 Å². The summed E-state index contributed by atoms with van der Waals surface area (Å²) in [6.45, 7) is 3.10. The summed E-state index contributed by atoms with van der Waals surface area (Å²) in [4.78, 5) is 2.65. The van der Waals surface area contributed by atoms with E-state index in [4.69, 9.17) is 4.74 Å². The number of ether oxygens (including phenoxy) is 1. The number of hydrogen-bond donors (Lipinski definition) is 0. The van der Waals surface area contributed by atoms with E-state index < -0.39 is 0 Å². The van der Waals surface area contributed by atoms with Gasteiger partial charge in [0.1, 0.15) is 4.75 Å². The molecule has 3 fully saturated rings. The van der Waals surface area contributed by atoms with E-state index in [1.807, 2.05) is 0 Å². The minimum Gasteiger partial charge on any atom is -0.375 e. The SMILES string of the molecule is CSC1(C#N)CCN(C2CCOC3(CCSCC3)C2)CC1. The summed E-state index contributed by atoms with van der Waals surface area (Å²) in [5.74, 6) is 2.52. The predicted octanol–water partition coefficient (Wildman–Crippen LogP) is 3.15. The predicted molar refractivity (Wildman–Crippen MR) is 90.9 cm³/mol. The van der Waals surface area contributed by atoms with Crippen LogP contribution >= 0.6 is 23.5 Å². The van der Waals surface area contributed by atoms with Crippen molar-refractivity contribution in [1.29, 1.82) is 5.26 Å². The molecule has 118 valence electrons. The van der Waals surface area contributed by atoms with Crippen molar-refractivity contribution >= 4 is 23.5 Å². The zero-order chi connectivity index (χ0) is 14.8. The van der Waals surface area contributed by atoms with Gasteiger partial charge >= 0.3 is 0 Å². The number of piperidine rings is 1. The van der Waals surface area contributed by atoms with Crippen molar-refractivity contribution < 1.29 is 4.74 Å². The van der Waals surface area contributed by atoms with E-state index >= 15 is 0 Å². The molecule has 3 nitrogen and oxygen atoms in total. The zero-order valence-electron chi connectivity index (χ0n) is 13.0. The van der Waals surface area contributed by atoms with E-state index in [-0.39, 0.29) is 10.3 Å². The summed E-state index contributed by atoms with van der Waals surface area (Å²) in [7, 11) is 0. The van der Waals surface area contributed by atoms with Gasteiger partial charge in [-0.15, -0.1) is 11.8 Å². The van der Waals surface area contributed by atoms with Crippen LogP contribution in [0, 0.1) is 11.3 Å². The number of thioether (sulfide) groups is 2. The highest BCUT2D eigenvalue weighted by molar-refractivity contribution is 8.00. The topological polar surface area (TPSA) is 36.3 Å². The molecule has 0 aromatic rings. The monoisotopic (exact) mass is 326 g/mol. The number of nitrogens with zero attached hydrogens (tertiary/aromatic N) is 2. The maximum atomic E-state index is 9.43. The molecule has 0 amide bonds. The third-order valence-corrected chi connectivity index (χ3v) is 7.85. The van der Waals surface area contributed by atoms with Crippen LogP contribution in [0.4, 0.5) is 0 Å². The quantitative estimate of drug-likeness (QED) is 0.779. The molecule has 3 heterocycles. The molecule has 1 spiro atoms. The first-order valence-electron chi connectivity index (χ1n) is 8.13. The molecule has 1 unspecified atom stereocenters. The van der Waals surface area contributed by atoms with Crippen LogP contribution < -0.4 is 0 Å². The Morgan fingerprint density at radius 2 is 1.95 bits per heavy atom. The molecule has 5 heteroatoms. The summed E-state index contributed by atoms with van der Waals surface area (Å²) in [6.07, 6.45) is 8.97. The molecule has 1 atom stereocenters. The lowest BCUT2D eigenvalue weighted by Crippen LogP contribution is -2.53. The van der Waals surface area contributed by atoms with Gasteiger partial charge in [0.2, 0.25) is 0 Å². The molecule has 0 bridgehead atoms. The smallest absolute Gasteiger partial charge is 0.104 e. The van der Waals surface area contributed by atoms with Crippen molar-refractivity contribution in [3.05, 3.63) is 0 Å². The van der Waals surface area contributed by atoms with Gasteiger partial charge in [0.05, 0.1) is 11.7 Å². The van der Waals surface area contributed by atoms with Crippen molar-refractivity contribution in [3.63, 3.8) is 0 Å². The average molecular weight is 327 g/mol.